The highest BCUT2D eigenvalue weighted by atomic mass is 16.3. The molecular formula is C16H20N2O3. The molecule has 0 fully saturated rings. The summed E-state index contributed by atoms with van der Waals surface area (Å²) in [6, 6.07) is 9.15. The number of amides is 2. The van der Waals surface area contributed by atoms with E-state index in [4.69, 9.17) is 4.42 Å². The number of fused-ring (bicyclic) bond motifs is 1. The molecule has 1 aromatic carbocycles. The summed E-state index contributed by atoms with van der Waals surface area (Å²) in [6.45, 7) is 4.07. The number of carbonyl (C=O) groups is 2. The third-order valence-corrected chi connectivity index (χ3v) is 3.20. The van der Waals surface area contributed by atoms with Gasteiger partial charge in [0.25, 0.3) is 0 Å². The zero-order valence-corrected chi connectivity index (χ0v) is 12.3. The van der Waals surface area contributed by atoms with Gasteiger partial charge < -0.3 is 15.1 Å². The Balaban J connectivity index is 1.84. The second-order valence-electron chi connectivity index (χ2n) is 4.93. The van der Waals surface area contributed by atoms with Gasteiger partial charge in [-0.25, -0.2) is 0 Å². The molecule has 1 unspecified atom stereocenters. The van der Waals surface area contributed by atoms with Crippen molar-refractivity contribution >= 4 is 22.8 Å². The maximum absolute atomic E-state index is 11.8. The maximum atomic E-state index is 11.8. The van der Waals surface area contributed by atoms with E-state index in [1.165, 1.54) is 0 Å². The first-order valence-corrected chi connectivity index (χ1v) is 7.14. The Hall–Kier alpha value is -2.30. The molecule has 0 aliphatic heterocycles. The lowest BCUT2D eigenvalue weighted by Crippen LogP contribution is -2.44. The minimum atomic E-state index is -0.520. The van der Waals surface area contributed by atoms with Gasteiger partial charge >= 0.3 is 0 Å². The Morgan fingerprint density at radius 2 is 2.05 bits per heavy atom. The molecule has 5 heteroatoms. The highest BCUT2D eigenvalue weighted by molar-refractivity contribution is 5.87. The summed E-state index contributed by atoms with van der Waals surface area (Å²) in [5.74, 6) is 0.445. The highest BCUT2D eigenvalue weighted by Gasteiger charge is 2.15. The molecule has 1 aromatic heterocycles. The fourth-order valence-corrected chi connectivity index (χ4v) is 2.10. The summed E-state index contributed by atoms with van der Waals surface area (Å²) in [5.41, 5.74) is 0.823. The molecule has 0 aliphatic carbocycles. The zero-order chi connectivity index (χ0) is 15.2. The second-order valence-corrected chi connectivity index (χ2v) is 4.93. The van der Waals surface area contributed by atoms with Crippen molar-refractivity contribution in [1.29, 1.82) is 0 Å². The number of carbonyl (C=O) groups excluding carboxylic acids is 2. The average molecular weight is 288 g/mol. The van der Waals surface area contributed by atoms with Crippen molar-refractivity contribution in [2.24, 2.45) is 0 Å². The van der Waals surface area contributed by atoms with E-state index in [1.54, 1.807) is 6.92 Å². The fraction of sp³-hybridized carbons (Fsp3) is 0.375. The Morgan fingerprint density at radius 1 is 1.29 bits per heavy atom. The molecule has 2 rings (SSSR count). The van der Waals surface area contributed by atoms with Gasteiger partial charge in [-0.3, -0.25) is 9.59 Å². The zero-order valence-electron chi connectivity index (χ0n) is 12.3. The normalized spacial score (nSPS) is 12.1. The molecule has 0 saturated carbocycles. The number of hydrogen-bond acceptors (Lipinski definition) is 3. The molecule has 0 bridgehead atoms. The molecule has 2 N–H and O–H groups in total. The SMILES string of the molecule is CCNC(=O)C(C)NC(=O)CCc1cc2ccccc2o1. The molecule has 2 amide bonds. The van der Waals surface area contributed by atoms with Crippen LogP contribution in [-0.2, 0) is 16.0 Å². The van der Waals surface area contributed by atoms with Gasteiger partial charge in [-0.1, -0.05) is 18.2 Å². The largest absolute Gasteiger partial charge is 0.461 e. The Labute approximate surface area is 123 Å². The van der Waals surface area contributed by atoms with Gasteiger partial charge in [0.2, 0.25) is 11.8 Å². The van der Waals surface area contributed by atoms with Gasteiger partial charge in [0.1, 0.15) is 17.4 Å². The van der Waals surface area contributed by atoms with Gasteiger partial charge in [-0.15, -0.1) is 0 Å². The van der Waals surface area contributed by atoms with Crippen molar-refractivity contribution < 1.29 is 14.0 Å². The first-order chi connectivity index (χ1) is 10.1. The lowest BCUT2D eigenvalue weighted by atomic mass is 10.2. The van der Waals surface area contributed by atoms with E-state index in [1.807, 2.05) is 37.3 Å². The van der Waals surface area contributed by atoms with Gasteiger partial charge in [-0.2, -0.15) is 0 Å². The fourth-order valence-electron chi connectivity index (χ4n) is 2.10. The number of hydrogen-bond donors (Lipinski definition) is 2. The van der Waals surface area contributed by atoms with E-state index >= 15 is 0 Å². The van der Waals surface area contributed by atoms with Crippen LogP contribution in [0, 0.1) is 0 Å². The van der Waals surface area contributed by atoms with E-state index in [9.17, 15) is 9.59 Å². The standard InChI is InChI=1S/C16H20N2O3/c1-3-17-16(20)11(2)18-15(19)9-8-13-10-12-6-4-5-7-14(12)21-13/h4-7,10-11H,3,8-9H2,1-2H3,(H,17,20)(H,18,19). The highest BCUT2D eigenvalue weighted by Crippen LogP contribution is 2.19. The maximum Gasteiger partial charge on any atom is 0.242 e. The molecule has 21 heavy (non-hydrogen) atoms. The summed E-state index contributed by atoms with van der Waals surface area (Å²) in [6.07, 6.45) is 0.812. The van der Waals surface area contributed by atoms with Crippen LogP contribution in [0.1, 0.15) is 26.0 Å². The first-order valence-electron chi connectivity index (χ1n) is 7.14. The molecule has 5 nitrogen and oxygen atoms in total. The smallest absolute Gasteiger partial charge is 0.242 e. The Kier molecular flexibility index (Phi) is 4.98. The third kappa shape index (κ3) is 4.08. The van der Waals surface area contributed by atoms with Gasteiger partial charge in [0.05, 0.1) is 0 Å². The van der Waals surface area contributed by atoms with Crippen molar-refractivity contribution in [2.75, 3.05) is 6.54 Å². The van der Waals surface area contributed by atoms with E-state index in [2.05, 4.69) is 10.6 Å². The van der Waals surface area contributed by atoms with E-state index in [0.717, 1.165) is 16.7 Å². The lowest BCUT2D eigenvalue weighted by molar-refractivity contribution is -0.128. The topological polar surface area (TPSA) is 71.3 Å². The number of aryl methyl sites for hydroxylation is 1. The molecule has 0 spiro atoms. The Morgan fingerprint density at radius 3 is 2.76 bits per heavy atom. The monoisotopic (exact) mass is 288 g/mol. The predicted molar refractivity (Wildman–Crippen MR) is 80.8 cm³/mol. The van der Waals surface area contributed by atoms with E-state index in [0.29, 0.717) is 19.4 Å². The number of likely N-dealkylation sites (N-methyl/N-ethyl adjacent to an activating group) is 1. The first kappa shape index (κ1) is 15.1. The van der Waals surface area contributed by atoms with E-state index in [-0.39, 0.29) is 11.8 Å². The van der Waals surface area contributed by atoms with Gasteiger partial charge in [0, 0.05) is 24.8 Å². The van der Waals surface area contributed by atoms with Crippen LogP contribution in [0.3, 0.4) is 0 Å². The quantitative estimate of drug-likeness (QED) is 0.854. The van der Waals surface area contributed by atoms with Gasteiger partial charge in [-0.05, 0) is 26.0 Å². The third-order valence-electron chi connectivity index (χ3n) is 3.20. The van der Waals surface area contributed by atoms with Crippen LogP contribution in [0.4, 0.5) is 0 Å². The van der Waals surface area contributed by atoms with Crippen LogP contribution >= 0.6 is 0 Å². The summed E-state index contributed by atoms with van der Waals surface area (Å²) in [4.78, 5) is 23.3. The number of rotatable bonds is 6. The summed E-state index contributed by atoms with van der Waals surface area (Å²) >= 11 is 0. The van der Waals surface area contributed by atoms with Crippen molar-refractivity contribution in [1.82, 2.24) is 10.6 Å². The van der Waals surface area contributed by atoms with Crippen LogP contribution in [0.5, 0.6) is 0 Å². The minimum Gasteiger partial charge on any atom is -0.461 e. The van der Waals surface area contributed by atoms with Crippen LogP contribution in [0.15, 0.2) is 34.7 Å². The molecule has 0 aliphatic rings. The summed E-state index contributed by atoms with van der Waals surface area (Å²) in [5, 5.41) is 6.38. The molecular weight excluding hydrogens is 268 g/mol. The van der Waals surface area contributed by atoms with E-state index < -0.39 is 6.04 Å². The van der Waals surface area contributed by atoms with Crippen molar-refractivity contribution in [3.63, 3.8) is 0 Å². The predicted octanol–water partition coefficient (Wildman–Crippen LogP) is 2.01. The van der Waals surface area contributed by atoms with Crippen LogP contribution < -0.4 is 10.6 Å². The summed E-state index contributed by atoms with van der Waals surface area (Å²) in [7, 11) is 0. The molecule has 1 atom stereocenters. The van der Waals surface area contributed by atoms with Crippen LogP contribution in [0.25, 0.3) is 11.0 Å². The molecule has 1 heterocycles. The molecule has 0 saturated heterocycles. The number of furan rings is 1. The molecule has 112 valence electrons. The molecule has 2 aromatic rings. The Bertz CT molecular complexity index is 600. The second kappa shape index (κ2) is 6.92. The summed E-state index contributed by atoms with van der Waals surface area (Å²) < 4.78 is 5.65. The molecule has 0 radical (unpaired) electrons. The van der Waals surface area contributed by atoms with Crippen molar-refractivity contribution in [3.05, 3.63) is 36.1 Å². The van der Waals surface area contributed by atoms with Crippen LogP contribution in [-0.4, -0.2) is 24.4 Å². The van der Waals surface area contributed by atoms with Gasteiger partial charge in [0.15, 0.2) is 0 Å². The number of nitrogens with one attached hydrogen (secondary N) is 2. The van der Waals surface area contributed by atoms with Crippen molar-refractivity contribution in [2.45, 2.75) is 32.7 Å². The van der Waals surface area contributed by atoms with Crippen LogP contribution in [0.2, 0.25) is 0 Å². The average Bonchev–Trinajstić information content (AvgIpc) is 2.88. The lowest BCUT2D eigenvalue weighted by Gasteiger charge is -2.12. The minimum absolute atomic E-state index is 0.158. The number of benzene rings is 1. The number of para-hydroxylation sites is 1. The van der Waals surface area contributed by atoms with Crippen molar-refractivity contribution in [3.8, 4) is 0 Å².